The Labute approximate surface area is 123 Å². The summed E-state index contributed by atoms with van der Waals surface area (Å²) in [4.78, 5) is 12.0. The van der Waals surface area contributed by atoms with Crippen molar-refractivity contribution in [2.45, 2.75) is 13.3 Å². The molecule has 3 nitrogen and oxygen atoms in total. The molecule has 110 valence electrons. The molecule has 2 aromatic carbocycles. The van der Waals surface area contributed by atoms with E-state index >= 15 is 0 Å². The molecule has 2 aromatic rings. The minimum absolute atomic E-state index is 0.114. The summed E-state index contributed by atoms with van der Waals surface area (Å²) in [5.41, 5.74) is 1.46. The summed E-state index contributed by atoms with van der Waals surface area (Å²) >= 11 is 0. The van der Waals surface area contributed by atoms with Gasteiger partial charge in [-0.15, -0.1) is 0 Å². The van der Waals surface area contributed by atoms with Crippen LogP contribution in [0.5, 0.6) is 11.5 Å². The molecule has 0 N–H and O–H groups in total. The van der Waals surface area contributed by atoms with Crippen molar-refractivity contribution in [3.8, 4) is 11.5 Å². The molecule has 0 fully saturated rings. The van der Waals surface area contributed by atoms with Crippen LogP contribution in [0.15, 0.2) is 42.5 Å². The maximum absolute atomic E-state index is 13.5. The fraction of sp³-hybridized carbons (Fsp3) is 0.235. The second kappa shape index (κ2) is 6.88. The zero-order valence-electron chi connectivity index (χ0n) is 12.1. The van der Waals surface area contributed by atoms with E-state index < -0.39 is 5.82 Å². The van der Waals surface area contributed by atoms with Crippen molar-refractivity contribution in [2.75, 3.05) is 13.7 Å². The number of methoxy groups -OCH3 is 1. The lowest BCUT2D eigenvalue weighted by Crippen LogP contribution is -2.12. The van der Waals surface area contributed by atoms with Gasteiger partial charge in [0.25, 0.3) is 0 Å². The van der Waals surface area contributed by atoms with E-state index in [2.05, 4.69) is 6.92 Å². The molecular weight excluding hydrogens is 271 g/mol. The van der Waals surface area contributed by atoms with Gasteiger partial charge in [-0.3, -0.25) is 4.79 Å². The third-order valence-electron chi connectivity index (χ3n) is 3.18. The van der Waals surface area contributed by atoms with Crippen molar-refractivity contribution < 1.29 is 18.7 Å². The normalized spacial score (nSPS) is 10.2. The number of rotatable bonds is 6. The fourth-order valence-electron chi connectivity index (χ4n) is 1.89. The first-order chi connectivity index (χ1) is 10.1. The predicted molar refractivity (Wildman–Crippen MR) is 78.6 cm³/mol. The van der Waals surface area contributed by atoms with Gasteiger partial charge < -0.3 is 9.47 Å². The van der Waals surface area contributed by atoms with Crippen LogP contribution in [0.2, 0.25) is 0 Å². The molecule has 2 rings (SSSR count). The van der Waals surface area contributed by atoms with Crippen LogP contribution < -0.4 is 9.47 Å². The smallest absolute Gasteiger partial charge is 0.200 e. The zero-order valence-corrected chi connectivity index (χ0v) is 12.1. The van der Waals surface area contributed by atoms with Gasteiger partial charge in [0, 0.05) is 5.56 Å². The second-order valence-corrected chi connectivity index (χ2v) is 4.56. The van der Waals surface area contributed by atoms with Crippen LogP contribution in [0.1, 0.15) is 22.8 Å². The number of hydrogen-bond acceptors (Lipinski definition) is 3. The van der Waals surface area contributed by atoms with Gasteiger partial charge in [-0.2, -0.15) is 0 Å². The van der Waals surface area contributed by atoms with Crippen LogP contribution in [0, 0.1) is 5.82 Å². The van der Waals surface area contributed by atoms with Gasteiger partial charge in [0.1, 0.15) is 5.75 Å². The summed E-state index contributed by atoms with van der Waals surface area (Å²) in [7, 11) is 1.38. The Morgan fingerprint density at radius 3 is 2.43 bits per heavy atom. The Hall–Kier alpha value is -2.36. The Morgan fingerprint density at radius 1 is 1.14 bits per heavy atom. The SMILES string of the molecule is CCc1ccc(OCC(=O)c2ccc(OC)c(F)c2)cc1. The number of hydrogen-bond donors (Lipinski definition) is 0. The summed E-state index contributed by atoms with van der Waals surface area (Å²) in [6, 6.07) is 11.7. The molecule has 0 amide bonds. The molecule has 0 aliphatic rings. The van der Waals surface area contributed by atoms with Crippen molar-refractivity contribution in [2.24, 2.45) is 0 Å². The van der Waals surface area contributed by atoms with Crippen LogP contribution in [0.4, 0.5) is 4.39 Å². The summed E-state index contributed by atoms with van der Waals surface area (Å²) in [5.74, 6) is -0.107. The first-order valence-corrected chi connectivity index (χ1v) is 6.72. The molecule has 0 heterocycles. The first kappa shape index (κ1) is 15.0. The largest absolute Gasteiger partial charge is 0.494 e. The van der Waals surface area contributed by atoms with Crippen molar-refractivity contribution >= 4 is 5.78 Å². The van der Waals surface area contributed by atoms with Gasteiger partial charge >= 0.3 is 0 Å². The van der Waals surface area contributed by atoms with E-state index in [1.54, 1.807) is 0 Å². The highest BCUT2D eigenvalue weighted by Crippen LogP contribution is 2.18. The van der Waals surface area contributed by atoms with Crippen molar-refractivity contribution in [3.63, 3.8) is 0 Å². The lowest BCUT2D eigenvalue weighted by molar-refractivity contribution is 0.0921. The van der Waals surface area contributed by atoms with Crippen LogP contribution in [0.25, 0.3) is 0 Å². The fourth-order valence-corrected chi connectivity index (χ4v) is 1.89. The molecule has 0 radical (unpaired) electrons. The van der Waals surface area contributed by atoms with Crippen molar-refractivity contribution in [1.82, 2.24) is 0 Å². The highest BCUT2D eigenvalue weighted by atomic mass is 19.1. The van der Waals surface area contributed by atoms with Crippen LogP contribution in [0.3, 0.4) is 0 Å². The van der Waals surface area contributed by atoms with E-state index in [9.17, 15) is 9.18 Å². The summed E-state index contributed by atoms with van der Waals surface area (Å²) < 4.78 is 23.8. The standard InChI is InChI=1S/C17H17FO3/c1-3-12-4-7-14(8-5-12)21-11-16(19)13-6-9-17(20-2)15(18)10-13/h4-10H,3,11H2,1-2H3. The molecule has 0 spiro atoms. The summed E-state index contributed by atoms with van der Waals surface area (Å²) in [6.07, 6.45) is 0.949. The third kappa shape index (κ3) is 3.81. The number of ether oxygens (including phenoxy) is 2. The van der Waals surface area contributed by atoms with E-state index in [1.165, 1.54) is 24.8 Å². The lowest BCUT2D eigenvalue weighted by atomic mass is 10.1. The maximum atomic E-state index is 13.5. The number of halogens is 1. The minimum Gasteiger partial charge on any atom is -0.494 e. The number of aryl methyl sites for hydroxylation is 1. The van der Waals surface area contributed by atoms with E-state index in [-0.39, 0.29) is 23.7 Å². The molecule has 0 aliphatic carbocycles. The van der Waals surface area contributed by atoms with E-state index in [4.69, 9.17) is 9.47 Å². The highest BCUT2D eigenvalue weighted by molar-refractivity contribution is 5.97. The van der Waals surface area contributed by atoms with Crippen LogP contribution in [-0.2, 0) is 6.42 Å². The Balaban J connectivity index is 1.99. The average Bonchev–Trinajstić information content (AvgIpc) is 2.53. The van der Waals surface area contributed by atoms with Gasteiger partial charge in [-0.25, -0.2) is 4.39 Å². The molecule has 21 heavy (non-hydrogen) atoms. The Morgan fingerprint density at radius 2 is 1.86 bits per heavy atom. The van der Waals surface area contributed by atoms with Gasteiger partial charge in [0.05, 0.1) is 7.11 Å². The molecular formula is C17H17FO3. The topological polar surface area (TPSA) is 35.5 Å². The van der Waals surface area contributed by atoms with E-state index in [0.717, 1.165) is 12.5 Å². The predicted octanol–water partition coefficient (Wildman–Crippen LogP) is 3.66. The quantitative estimate of drug-likeness (QED) is 0.761. The molecule has 0 saturated heterocycles. The van der Waals surface area contributed by atoms with Gasteiger partial charge in [-0.1, -0.05) is 19.1 Å². The van der Waals surface area contributed by atoms with Gasteiger partial charge in [0.2, 0.25) is 0 Å². The second-order valence-electron chi connectivity index (χ2n) is 4.56. The summed E-state index contributed by atoms with van der Waals surface area (Å²) in [6.45, 7) is 1.94. The molecule has 0 saturated carbocycles. The van der Waals surface area contributed by atoms with Crippen LogP contribution >= 0.6 is 0 Å². The third-order valence-corrected chi connectivity index (χ3v) is 3.18. The highest BCUT2D eigenvalue weighted by Gasteiger charge is 2.11. The summed E-state index contributed by atoms with van der Waals surface area (Å²) in [5, 5.41) is 0. The maximum Gasteiger partial charge on any atom is 0.200 e. The number of ketones is 1. The van der Waals surface area contributed by atoms with E-state index in [1.807, 2.05) is 24.3 Å². The monoisotopic (exact) mass is 288 g/mol. The Bertz CT molecular complexity index is 620. The number of benzene rings is 2. The number of Topliss-reactive ketones (excluding diaryl/α,β-unsaturated/α-hetero) is 1. The number of carbonyl (C=O) groups excluding carboxylic acids is 1. The lowest BCUT2D eigenvalue weighted by Gasteiger charge is -2.07. The minimum atomic E-state index is -0.560. The molecule has 4 heteroatoms. The molecule has 0 aliphatic heterocycles. The van der Waals surface area contributed by atoms with Crippen molar-refractivity contribution in [3.05, 3.63) is 59.4 Å². The van der Waals surface area contributed by atoms with E-state index in [0.29, 0.717) is 5.75 Å². The molecule has 0 atom stereocenters. The molecule has 0 aromatic heterocycles. The van der Waals surface area contributed by atoms with Crippen LogP contribution in [-0.4, -0.2) is 19.5 Å². The number of carbonyl (C=O) groups is 1. The zero-order chi connectivity index (χ0) is 15.2. The van der Waals surface area contributed by atoms with Crippen molar-refractivity contribution in [1.29, 1.82) is 0 Å². The Kier molecular flexibility index (Phi) is 4.93. The average molecular weight is 288 g/mol. The molecule has 0 unspecified atom stereocenters. The van der Waals surface area contributed by atoms with Gasteiger partial charge in [0.15, 0.2) is 24.0 Å². The van der Waals surface area contributed by atoms with Gasteiger partial charge in [-0.05, 0) is 42.3 Å². The molecule has 0 bridgehead atoms. The first-order valence-electron chi connectivity index (χ1n) is 6.72.